The van der Waals surface area contributed by atoms with Crippen molar-refractivity contribution in [1.29, 1.82) is 0 Å². The molecule has 2 rings (SSSR count). The molecule has 0 amide bonds. The van der Waals surface area contributed by atoms with Gasteiger partial charge in [0.2, 0.25) is 0 Å². The number of hydrogen-bond donors (Lipinski definition) is 1. The third kappa shape index (κ3) is 4.30. The van der Waals surface area contributed by atoms with Crippen LogP contribution in [0.15, 0.2) is 42.5 Å². The van der Waals surface area contributed by atoms with Crippen LogP contribution >= 0.6 is 0 Å². The van der Waals surface area contributed by atoms with Gasteiger partial charge in [0.15, 0.2) is 11.6 Å². The minimum atomic E-state index is -0.355. The monoisotopic (exact) mass is 287 g/mol. The average Bonchev–Trinajstić information content (AvgIpc) is 2.49. The van der Waals surface area contributed by atoms with E-state index in [1.807, 2.05) is 19.1 Å². The van der Waals surface area contributed by atoms with Gasteiger partial charge in [-0.3, -0.25) is 0 Å². The fraction of sp³-hybridized carbons (Fsp3) is 0.333. The minimum Gasteiger partial charge on any atom is -0.489 e. The number of benzene rings is 2. The summed E-state index contributed by atoms with van der Waals surface area (Å²) in [5.41, 5.74) is 9.38. The Morgan fingerprint density at radius 3 is 2.52 bits per heavy atom. The van der Waals surface area contributed by atoms with Gasteiger partial charge < -0.3 is 10.5 Å². The molecule has 0 saturated carbocycles. The zero-order valence-electron chi connectivity index (χ0n) is 12.6. The molecular formula is C18H22FNO. The predicted molar refractivity (Wildman–Crippen MR) is 84.0 cm³/mol. The third-order valence-corrected chi connectivity index (χ3v) is 3.45. The highest BCUT2D eigenvalue weighted by Gasteiger charge is 2.09. The van der Waals surface area contributed by atoms with Gasteiger partial charge in [-0.25, -0.2) is 4.39 Å². The first-order chi connectivity index (χ1) is 10.1. The fourth-order valence-corrected chi connectivity index (χ4v) is 2.22. The molecule has 0 aliphatic carbocycles. The van der Waals surface area contributed by atoms with Crippen molar-refractivity contribution >= 4 is 0 Å². The van der Waals surface area contributed by atoms with Crippen molar-refractivity contribution in [3.8, 4) is 5.75 Å². The third-order valence-electron chi connectivity index (χ3n) is 3.45. The van der Waals surface area contributed by atoms with Crippen LogP contribution in [-0.4, -0.2) is 6.61 Å². The molecule has 2 nitrogen and oxygen atoms in total. The Kier molecular flexibility index (Phi) is 5.34. The van der Waals surface area contributed by atoms with Crippen molar-refractivity contribution in [3.05, 3.63) is 65.0 Å². The lowest BCUT2D eigenvalue weighted by Gasteiger charge is -2.15. The quantitative estimate of drug-likeness (QED) is 0.865. The summed E-state index contributed by atoms with van der Waals surface area (Å²) in [6, 6.07) is 12.8. The molecule has 2 aromatic carbocycles. The maximum absolute atomic E-state index is 13.6. The van der Waals surface area contributed by atoms with Crippen LogP contribution in [-0.2, 0) is 6.42 Å². The van der Waals surface area contributed by atoms with Gasteiger partial charge in [-0.2, -0.15) is 0 Å². The first kappa shape index (κ1) is 15.5. The van der Waals surface area contributed by atoms with Crippen molar-refractivity contribution in [3.63, 3.8) is 0 Å². The van der Waals surface area contributed by atoms with Crippen LogP contribution in [0.4, 0.5) is 4.39 Å². The topological polar surface area (TPSA) is 35.2 Å². The fourth-order valence-electron chi connectivity index (χ4n) is 2.22. The SMILES string of the molecule is CCCc1ccc(C(N)COc2cc(C)ccc2F)cc1. The highest BCUT2D eigenvalue weighted by atomic mass is 19.1. The Labute approximate surface area is 125 Å². The van der Waals surface area contributed by atoms with E-state index in [-0.39, 0.29) is 24.2 Å². The smallest absolute Gasteiger partial charge is 0.165 e. The van der Waals surface area contributed by atoms with Gasteiger partial charge in [-0.1, -0.05) is 43.7 Å². The molecule has 0 aromatic heterocycles. The maximum Gasteiger partial charge on any atom is 0.165 e. The van der Waals surface area contributed by atoms with Crippen LogP contribution in [0, 0.1) is 12.7 Å². The molecule has 0 fully saturated rings. The molecule has 112 valence electrons. The number of nitrogens with two attached hydrogens (primary N) is 1. The molecule has 1 atom stereocenters. The van der Waals surface area contributed by atoms with Gasteiger partial charge in [0.1, 0.15) is 6.61 Å². The second-order valence-electron chi connectivity index (χ2n) is 5.34. The van der Waals surface area contributed by atoms with E-state index in [9.17, 15) is 4.39 Å². The van der Waals surface area contributed by atoms with Gasteiger partial charge in [0.05, 0.1) is 6.04 Å². The van der Waals surface area contributed by atoms with Gasteiger partial charge in [0.25, 0.3) is 0 Å². The van der Waals surface area contributed by atoms with E-state index < -0.39 is 0 Å². The zero-order chi connectivity index (χ0) is 15.2. The highest BCUT2D eigenvalue weighted by molar-refractivity contribution is 5.30. The normalized spacial score (nSPS) is 12.2. The predicted octanol–water partition coefficient (Wildman–Crippen LogP) is 4.17. The summed E-state index contributed by atoms with van der Waals surface area (Å²) in [6.45, 7) is 4.32. The summed E-state index contributed by atoms with van der Waals surface area (Å²) in [5.74, 6) is -0.0980. The summed E-state index contributed by atoms with van der Waals surface area (Å²) in [7, 11) is 0. The number of halogens is 1. The Balaban J connectivity index is 1.97. The zero-order valence-corrected chi connectivity index (χ0v) is 12.6. The van der Waals surface area contributed by atoms with Crippen molar-refractivity contribution < 1.29 is 9.13 Å². The van der Waals surface area contributed by atoms with Crippen LogP contribution in [0.25, 0.3) is 0 Å². The lowest BCUT2D eigenvalue weighted by Crippen LogP contribution is -2.19. The summed E-state index contributed by atoms with van der Waals surface area (Å²) < 4.78 is 19.1. The van der Waals surface area contributed by atoms with E-state index in [1.54, 1.807) is 12.1 Å². The summed E-state index contributed by atoms with van der Waals surface area (Å²) in [5, 5.41) is 0. The molecule has 2 N–H and O–H groups in total. The van der Waals surface area contributed by atoms with Gasteiger partial charge in [-0.15, -0.1) is 0 Å². The van der Waals surface area contributed by atoms with Crippen LogP contribution < -0.4 is 10.5 Å². The standard InChI is InChI=1S/C18H22FNO/c1-3-4-14-6-8-15(9-7-14)17(20)12-21-18-11-13(2)5-10-16(18)19/h5-11,17H,3-4,12,20H2,1-2H3. The van der Waals surface area contributed by atoms with E-state index in [2.05, 4.69) is 19.1 Å². The lowest BCUT2D eigenvalue weighted by molar-refractivity contribution is 0.277. The molecule has 2 aromatic rings. The summed E-state index contributed by atoms with van der Waals surface area (Å²) in [6.07, 6.45) is 2.20. The first-order valence-corrected chi connectivity index (χ1v) is 7.33. The van der Waals surface area contributed by atoms with Crippen molar-refractivity contribution in [2.45, 2.75) is 32.7 Å². The van der Waals surface area contributed by atoms with Crippen LogP contribution in [0.1, 0.15) is 36.1 Å². The molecule has 0 bridgehead atoms. The molecule has 0 aliphatic rings. The molecule has 3 heteroatoms. The lowest BCUT2D eigenvalue weighted by atomic mass is 10.0. The second-order valence-corrected chi connectivity index (χ2v) is 5.34. The highest BCUT2D eigenvalue weighted by Crippen LogP contribution is 2.20. The first-order valence-electron chi connectivity index (χ1n) is 7.33. The van der Waals surface area contributed by atoms with E-state index >= 15 is 0 Å². The van der Waals surface area contributed by atoms with Gasteiger partial charge >= 0.3 is 0 Å². The second kappa shape index (κ2) is 7.23. The number of rotatable bonds is 6. The van der Waals surface area contributed by atoms with E-state index in [1.165, 1.54) is 11.6 Å². The summed E-state index contributed by atoms with van der Waals surface area (Å²) >= 11 is 0. The van der Waals surface area contributed by atoms with Crippen molar-refractivity contribution in [2.75, 3.05) is 6.61 Å². The largest absolute Gasteiger partial charge is 0.489 e. The van der Waals surface area contributed by atoms with Crippen LogP contribution in [0.3, 0.4) is 0 Å². The number of hydrogen-bond acceptors (Lipinski definition) is 2. The van der Waals surface area contributed by atoms with Crippen molar-refractivity contribution in [1.82, 2.24) is 0 Å². The molecule has 0 aliphatic heterocycles. The van der Waals surface area contributed by atoms with E-state index in [4.69, 9.17) is 10.5 Å². The number of aryl methyl sites for hydroxylation is 2. The van der Waals surface area contributed by atoms with Crippen LogP contribution in [0.2, 0.25) is 0 Å². The Morgan fingerprint density at radius 2 is 1.86 bits per heavy atom. The van der Waals surface area contributed by atoms with Crippen molar-refractivity contribution in [2.24, 2.45) is 5.73 Å². The average molecular weight is 287 g/mol. The van der Waals surface area contributed by atoms with Gasteiger partial charge in [-0.05, 0) is 42.2 Å². The Bertz CT molecular complexity index is 580. The number of ether oxygens (including phenoxy) is 1. The molecular weight excluding hydrogens is 265 g/mol. The molecule has 1 unspecified atom stereocenters. The summed E-state index contributed by atoms with van der Waals surface area (Å²) in [4.78, 5) is 0. The molecule has 0 spiro atoms. The molecule has 0 saturated heterocycles. The molecule has 21 heavy (non-hydrogen) atoms. The molecule has 0 heterocycles. The maximum atomic E-state index is 13.6. The van der Waals surface area contributed by atoms with Crippen LogP contribution in [0.5, 0.6) is 5.75 Å². The van der Waals surface area contributed by atoms with Gasteiger partial charge in [0, 0.05) is 0 Å². The molecule has 0 radical (unpaired) electrons. The Hall–Kier alpha value is -1.87. The van der Waals surface area contributed by atoms with E-state index in [0.29, 0.717) is 0 Å². The van der Waals surface area contributed by atoms with E-state index in [0.717, 1.165) is 24.0 Å². The minimum absolute atomic E-state index is 0.257. The Morgan fingerprint density at radius 1 is 1.14 bits per heavy atom.